The van der Waals surface area contributed by atoms with Crippen LogP contribution in [0, 0.1) is 11.6 Å². The van der Waals surface area contributed by atoms with E-state index < -0.39 is 17.7 Å². The lowest BCUT2D eigenvalue weighted by Crippen LogP contribution is -2.07. The van der Waals surface area contributed by atoms with Crippen molar-refractivity contribution in [3.05, 3.63) is 64.2 Å². The normalized spacial score (nSPS) is 12.2. The van der Waals surface area contributed by atoms with E-state index in [1.165, 1.54) is 37.4 Å². The molecular weight excluding hydrogens is 286 g/mol. The number of rotatable bonds is 4. The van der Waals surface area contributed by atoms with Gasteiger partial charge in [-0.15, -0.1) is 0 Å². The second-order valence-corrected chi connectivity index (χ2v) is 4.69. The van der Waals surface area contributed by atoms with Crippen molar-refractivity contribution in [2.24, 2.45) is 0 Å². The Labute approximate surface area is 120 Å². The van der Waals surface area contributed by atoms with Crippen LogP contribution in [0.2, 0.25) is 5.02 Å². The second kappa shape index (κ2) is 6.20. The van der Waals surface area contributed by atoms with Crippen LogP contribution in [0.1, 0.15) is 17.2 Å². The highest BCUT2D eigenvalue weighted by molar-refractivity contribution is 6.31. The summed E-state index contributed by atoms with van der Waals surface area (Å²) in [5, 5.41) is 10.3. The van der Waals surface area contributed by atoms with Gasteiger partial charge < -0.3 is 9.84 Å². The van der Waals surface area contributed by atoms with Crippen LogP contribution in [-0.4, -0.2) is 12.2 Å². The highest BCUT2D eigenvalue weighted by atomic mass is 35.5. The lowest BCUT2D eigenvalue weighted by molar-refractivity contribution is 0.171. The number of aliphatic hydroxyl groups excluding tert-OH is 1. The molecule has 5 heteroatoms. The quantitative estimate of drug-likeness (QED) is 0.927. The summed E-state index contributed by atoms with van der Waals surface area (Å²) in [5.41, 5.74) is 0.201. The van der Waals surface area contributed by atoms with Gasteiger partial charge in [0.2, 0.25) is 0 Å². The molecule has 0 aromatic heterocycles. The van der Waals surface area contributed by atoms with E-state index in [0.29, 0.717) is 0 Å². The summed E-state index contributed by atoms with van der Waals surface area (Å²) in [4.78, 5) is 0. The summed E-state index contributed by atoms with van der Waals surface area (Å²) < 4.78 is 32.5. The molecule has 0 aliphatic rings. The average molecular weight is 299 g/mol. The Bertz CT molecular complexity index is 597. The summed E-state index contributed by atoms with van der Waals surface area (Å²) in [7, 11) is 1.34. The van der Waals surface area contributed by atoms with Crippen molar-refractivity contribution >= 4 is 11.6 Å². The first kappa shape index (κ1) is 14.8. The van der Waals surface area contributed by atoms with Crippen molar-refractivity contribution in [1.82, 2.24) is 0 Å². The molecule has 2 rings (SSSR count). The first-order valence-electron chi connectivity index (χ1n) is 5.98. The van der Waals surface area contributed by atoms with Gasteiger partial charge in [0.15, 0.2) is 11.6 Å². The van der Waals surface area contributed by atoms with Crippen molar-refractivity contribution in [3.63, 3.8) is 0 Å². The fraction of sp³-hybridized carbons (Fsp3) is 0.200. The molecular formula is C15H13ClF2O2. The molecule has 0 heterocycles. The zero-order valence-electron chi connectivity index (χ0n) is 10.7. The maximum absolute atomic E-state index is 14.0. The first-order valence-corrected chi connectivity index (χ1v) is 6.35. The topological polar surface area (TPSA) is 29.5 Å². The van der Waals surface area contributed by atoms with Crippen LogP contribution in [0.3, 0.4) is 0 Å². The molecule has 0 spiro atoms. The van der Waals surface area contributed by atoms with Crippen molar-refractivity contribution < 1.29 is 18.6 Å². The Morgan fingerprint density at radius 1 is 1.20 bits per heavy atom. The Balaban J connectivity index is 2.31. The maximum atomic E-state index is 14.0. The number of benzene rings is 2. The summed E-state index contributed by atoms with van der Waals surface area (Å²) in [6.07, 6.45) is -1.32. The SMILES string of the molecule is COc1cccc(C(O)Cc2c(F)cccc2Cl)c1F. The van der Waals surface area contributed by atoms with Gasteiger partial charge >= 0.3 is 0 Å². The third-order valence-corrected chi connectivity index (χ3v) is 3.39. The fourth-order valence-electron chi connectivity index (χ4n) is 1.97. The van der Waals surface area contributed by atoms with Crippen LogP contribution in [-0.2, 0) is 6.42 Å². The molecule has 106 valence electrons. The zero-order valence-corrected chi connectivity index (χ0v) is 11.5. The van der Waals surface area contributed by atoms with Gasteiger partial charge in [0.25, 0.3) is 0 Å². The Hall–Kier alpha value is -1.65. The number of ether oxygens (including phenoxy) is 1. The molecule has 0 saturated carbocycles. The highest BCUT2D eigenvalue weighted by Gasteiger charge is 2.19. The van der Waals surface area contributed by atoms with Gasteiger partial charge in [-0.3, -0.25) is 0 Å². The largest absolute Gasteiger partial charge is 0.494 e. The van der Waals surface area contributed by atoms with E-state index in [2.05, 4.69) is 0 Å². The van der Waals surface area contributed by atoms with Crippen molar-refractivity contribution in [2.45, 2.75) is 12.5 Å². The smallest absolute Gasteiger partial charge is 0.170 e. The molecule has 0 radical (unpaired) electrons. The van der Waals surface area contributed by atoms with Gasteiger partial charge in [-0.2, -0.15) is 0 Å². The Kier molecular flexibility index (Phi) is 4.57. The lowest BCUT2D eigenvalue weighted by atomic mass is 10.00. The van der Waals surface area contributed by atoms with Gasteiger partial charge in [-0.1, -0.05) is 29.8 Å². The molecule has 0 aliphatic heterocycles. The number of methoxy groups -OCH3 is 1. The number of aliphatic hydroxyl groups is 1. The molecule has 2 aromatic rings. The number of hydrogen-bond donors (Lipinski definition) is 1. The molecule has 1 atom stereocenters. The molecule has 2 nitrogen and oxygen atoms in total. The summed E-state index contributed by atoms with van der Waals surface area (Å²) in [6.45, 7) is 0. The summed E-state index contributed by atoms with van der Waals surface area (Å²) >= 11 is 5.89. The highest BCUT2D eigenvalue weighted by Crippen LogP contribution is 2.29. The van der Waals surface area contributed by atoms with Crippen LogP contribution >= 0.6 is 11.6 Å². The zero-order chi connectivity index (χ0) is 14.7. The van der Waals surface area contributed by atoms with E-state index in [0.717, 1.165) is 0 Å². The molecule has 20 heavy (non-hydrogen) atoms. The van der Waals surface area contributed by atoms with Crippen LogP contribution in [0.25, 0.3) is 0 Å². The predicted octanol–water partition coefficient (Wildman–Crippen LogP) is 3.90. The lowest BCUT2D eigenvalue weighted by Gasteiger charge is -2.15. The van der Waals surface area contributed by atoms with E-state index in [1.807, 2.05) is 0 Å². The van der Waals surface area contributed by atoms with E-state index in [4.69, 9.17) is 16.3 Å². The van der Waals surface area contributed by atoms with E-state index in [9.17, 15) is 13.9 Å². The predicted molar refractivity (Wildman–Crippen MR) is 73.0 cm³/mol. The van der Waals surface area contributed by atoms with Crippen LogP contribution in [0.5, 0.6) is 5.75 Å². The number of halogens is 3. The summed E-state index contributed by atoms with van der Waals surface area (Å²) in [5.74, 6) is -1.16. The van der Waals surface area contributed by atoms with E-state index >= 15 is 0 Å². The van der Waals surface area contributed by atoms with Gasteiger partial charge in [0, 0.05) is 22.6 Å². The van der Waals surface area contributed by atoms with Crippen molar-refractivity contribution in [3.8, 4) is 5.75 Å². The molecule has 0 saturated heterocycles. The minimum Gasteiger partial charge on any atom is -0.494 e. The average Bonchev–Trinajstić information content (AvgIpc) is 2.43. The standard InChI is InChI=1S/C15H13ClF2O2/c1-20-14-7-2-4-9(15(14)18)13(19)8-10-11(16)5-3-6-12(10)17/h2-7,13,19H,8H2,1H3. The van der Waals surface area contributed by atoms with Crippen LogP contribution < -0.4 is 4.74 Å². The Morgan fingerprint density at radius 3 is 2.55 bits per heavy atom. The van der Waals surface area contributed by atoms with E-state index in [-0.39, 0.29) is 28.3 Å². The fourth-order valence-corrected chi connectivity index (χ4v) is 2.21. The maximum Gasteiger partial charge on any atom is 0.170 e. The molecule has 0 fully saturated rings. The third kappa shape index (κ3) is 2.92. The molecule has 0 amide bonds. The third-order valence-electron chi connectivity index (χ3n) is 3.03. The number of hydrogen-bond acceptors (Lipinski definition) is 2. The molecule has 1 unspecified atom stereocenters. The minimum atomic E-state index is -1.21. The Morgan fingerprint density at radius 2 is 1.90 bits per heavy atom. The molecule has 0 bridgehead atoms. The van der Waals surface area contributed by atoms with Crippen LogP contribution in [0.15, 0.2) is 36.4 Å². The van der Waals surface area contributed by atoms with Crippen molar-refractivity contribution in [1.29, 1.82) is 0 Å². The van der Waals surface area contributed by atoms with Gasteiger partial charge in [0.1, 0.15) is 5.82 Å². The van der Waals surface area contributed by atoms with Gasteiger partial charge in [-0.05, 0) is 18.2 Å². The molecule has 0 aliphatic carbocycles. The van der Waals surface area contributed by atoms with Crippen molar-refractivity contribution in [2.75, 3.05) is 7.11 Å². The first-order chi connectivity index (χ1) is 9.54. The minimum absolute atomic E-state index is 0.0289. The summed E-state index contributed by atoms with van der Waals surface area (Å²) in [6, 6.07) is 8.67. The van der Waals surface area contributed by atoms with Gasteiger partial charge in [-0.25, -0.2) is 8.78 Å². The van der Waals surface area contributed by atoms with E-state index in [1.54, 1.807) is 6.07 Å². The second-order valence-electron chi connectivity index (χ2n) is 4.28. The molecule has 2 aromatic carbocycles. The monoisotopic (exact) mass is 298 g/mol. The van der Waals surface area contributed by atoms with Gasteiger partial charge in [0.05, 0.1) is 13.2 Å². The molecule has 1 N–H and O–H groups in total. The van der Waals surface area contributed by atoms with Crippen LogP contribution in [0.4, 0.5) is 8.78 Å².